The lowest BCUT2D eigenvalue weighted by atomic mass is 9.78. The van der Waals surface area contributed by atoms with E-state index in [1.165, 1.54) is 6.92 Å². The van der Waals surface area contributed by atoms with Crippen molar-refractivity contribution in [2.75, 3.05) is 13.2 Å². The third kappa shape index (κ3) is 4.16. The van der Waals surface area contributed by atoms with Crippen LogP contribution in [0.3, 0.4) is 0 Å². The van der Waals surface area contributed by atoms with Gasteiger partial charge in [0.1, 0.15) is 6.10 Å². The van der Waals surface area contributed by atoms with Gasteiger partial charge in [-0.15, -0.1) is 0 Å². The van der Waals surface area contributed by atoms with Crippen LogP contribution in [0.1, 0.15) is 47.5 Å². The number of carbonyl (C=O) groups is 1. The molecule has 2 N–H and O–H groups in total. The zero-order chi connectivity index (χ0) is 14.8. The number of hydrogen-bond acceptors (Lipinski definition) is 5. The predicted octanol–water partition coefficient (Wildman–Crippen LogP) is 0.924. The fourth-order valence-corrected chi connectivity index (χ4v) is 3.31. The normalized spacial score (nSPS) is 25.0. The number of aliphatic hydroxyl groups is 2. The summed E-state index contributed by atoms with van der Waals surface area (Å²) in [5.41, 5.74) is -0.393. The Kier molecular flexibility index (Phi) is 4.98. The lowest BCUT2D eigenvalue weighted by molar-refractivity contribution is -0.159. The first-order chi connectivity index (χ1) is 8.58. The van der Waals surface area contributed by atoms with Crippen LogP contribution in [-0.2, 0) is 9.53 Å². The fourth-order valence-electron chi connectivity index (χ4n) is 3.31. The van der Waals surface area contributed by atoms with Gasteiger partial charge in [-0.1, -0.05) is 0 Å². The Bertz CT molecular complexity index is 309. The van der Waals surface area contributed by atoms with Crippen molar-refractivity contribution in [3.05, 3.63) is 0 Å². The van der Waals surface area contributed by atoms with Gasteiger partial charge < -0.3 is 14.9 Å². The number of carbonyl (C=O) groups excluding carboxylic acids is 1. The highest BCUT2D eigenvalue weighted by molar-refractivity contribution is 5.66. The van der Waals surface area contributed by atoms with Crippen molar-refractivity contribution in [3.8, 4) is 0 Å². The number of rotatable bonds is 4. The van der Waals surface area contributed by atoms with Gasteiger partial charge in [0.2, 0.25) is 0 Å². The molecule has 0 spiro atoms. The molecule has 1 fully saturated rings. The molecule has 0 aromatic rings. The van der Waals surface area contributed by atoms with Crippen LogP contribution in [0.4, 0.5) is 0 Å². The Balaban J connectivity index is 2.86. The molecule has 1 heterocycles. The van der Waals surface area contributed by atoms with Crippen LogP contribution in [0.2, 0.25) is 0 Å². The molecule has 1 aliphatic heterocycles. The highest BCUT2D eigenvalue weighted by atomic mass is 16.5. The van der Waals surface area contributed by atoms with E-state index in [4.69, 9.17) is 9.84 Å². The number of esters is 1. The molecule has 0 bridgehead atoms. The Labute approximate surface area is 115 Å². The van der Waals surface area contributed by atoms with Crippen LogP contribution in [0, 0.1) is 0 Å². The summed E-state index contributed by atoms with van der Waals surface area (Å²) in [4.78, 5) is 13.3. The van der Waals surface area contributed by atoms with Crippen molar-refractivity contribution in [2.24, 2.45) is 0 Å². The fraction of sp³-hybridized carbons (Fsp3) is 0.929. The first kappa shape index (κ1) is 16.4. The molecule has 0 saturated carbocycles. The quantitative estimate of drug-likeness (QED) is 0.746. The van der Waals surface area contributed by atoms with Crippen molar-refractivity contribution in [3.63, 3.8) is 0 Å². The predicted molar refractivity (Wildman–Crippen MR) is 72.7 cm³/mol. The van der Waals surface area contributed by atoms with Gasteiger partial charge in [0, 0.05) is 37.4 Å². The first-order valence-corrected chi connectivity index (χ1v) is 6.82. The van der Waals surface area contributed by atoms with E-state index < -0.39 is 6.10 Å². The van der Waals surface area contributed by atoms with E-state index >= 15 is 0 Å². The zero-order valence-corrected chi connectivity index (χ0v) is 12.6. The summed E-state index contributed by atoms with van der Waals surface area (Å²) in [5, 5.41) is 18.7. The molecule has 1 aliphatic rings. The van der Waals surface area contributed by atoms with Crippen LogP contribution in [0.25, 0.3) is 0 Å². The van der Waals surface area contributed by atoms with Crippen molar-refractivity contribution >= 4 is 5.97 Å². The van der Waals surface area contributed by atoms with Crippen LogP contribution < -0.4 is 0 Å². The molecule has 0 radical (unpaired) electrons. The number of β-amino-alcohol motifs (C(OH)–C–C–N with tert-alkyl or cyclic N) is 1. The van der Waals surface area contributed by atoms with Crippen molar-refractivity contribution in [2.45, 2.75) is 70.7 Å². The first-order valence-electron chi connectivity index (χ1n) is 6.82. The van der Waals surface area contributed by atoms with E-state index in [1.54, 1.807) is 0 Å². The maximum absolute atomic E-state index is 11.1. The van der Waals surface area contributed by atoms with Crippen molar-refractivity contribution < 1.29 is 19.7 Å². The van der Waals surface area contributed by atoms with Gasteiger partial charge in [0.25, 0.3) is 0 Å². The standard InChI is InChI=1S/C14H27NO4/c1-10(17)19-12-6-13(2,3)15(8-11(18)9-16)14(4,5)7-12/h11-12,16,18H,6-9H2,1-5H3. The van der Waals surface area contributed by atoms with E-state index in [-0.39, 0.29) is 29.8 Å². The summed E-state index contributed by atoms with van der Waals surface area (Å²) in [6, 6.07) is 0. The number of likely N-dealkylation sites (tertiary alicyclic amines) is 1. The van der Waals surface area contributed by atoms with Gasteiger partial charge in [-0.25, -0.2) is 0 Å². The second-order valence-corrected chi connectivity index (χ2v) is 6.71. The monoisotopic (exact) mass is 273 g/mol. The number of hydrogen-bond donors (Lipinski definition) is 2. The second kappa shape index (κ2) is 5.77. The second-order valence-electron chi connectivity index (χ2n) is 6.71. The van der Waals surface area contributed by atoms with Gasteiger partial charge in [0.15, 0.2) is 0 Å². The average Bonchev–Trinajstić information content (AvgIpc) is 2.20. The van der Waals surface area contributed by atoms with Gasteiger partial charge in [-0.3, -0.25) is 9.69 Å². The zero-order valence-electron chi connectivity index (χ0n) is 12.6. The minimum atomic E-state index is -0.746. The van der Waals surface area contributed by atoms with Crippen LogP contribution in [-0.4, -0.2) is 57.5 Å². The van der Waals surface area contributed by atoms with Crippen LogP contribution >= 0.6 is 0 Å². The maximum atomic E-state index is 11.1. The van der Waals surface area contributed by atoms with E-state index in [9.17, 15) is 9.90 Å². The van der Waals surface area contributed by atoms with E-state index in [0.717, 1.165) is 12.8 Å². The summed E-state index contributed by atoms with van der Waals surface area (Å²) in [5.74, 6) is -0.250. The number of ether oxygens (including phenoxy) is 1. The van der Waals surface area contributed by atoms with Gasteiger partial charge in [-0.05, 0) is 27.7 Å². The smallest absolute Gasteiger partial charge is 0.302 e. The highest BCUT2D eigenvalue weighted by Crippen LogP contribution is 2.39. The maximum Gasteiger partial charge on any atom is 0.302 e. The summed E-state index contributed by atoms with van der Waals surface area (Å²) >= 11 is 0. The lowest BCUT2D eigenvalue weighted by Crippen LogP contribution is -2.64. The number of piperidine rings is 1. The van der Waals surface area contributed by atoms with Gasteiger partial charge >= 0.3 is 5.97 Å². The molecular formula is C14H27NO4. The lowest BCUT2D eigenvalue weighted by Gasteiger charge is -2.55. The SMILES string of the molecule is CC(=O)OC1CC(C)(C)N(CC(O)CO)C(C)(C)C1. The summed E-state index contributed by atoms with van der Waals surface area (Å²) in [6.45, 7) is 9.92. The summed E-state index contributed by atoms with van der Waals surface area (Å²) in [7, 11) is 0. The van der Waals surface area contributed by atoms with E-state index in [0.29, 0.717) is 6.54 Å². The average molecular weight is 273 g/mol. The van der Waals surface area contributed by atoms with Crippen LogP contribution in [0.5, 0.6) is 0 Å². The molecule has 1 rings (SSSR count). The molecular weight excluding hydrogens is 246 g/mol. The molecule has 5 heteroatoms. The molecule has 0 aromatic carbocycles. The van der Waals surface area contributed by atoms with Gasteiger partial charge in [0.05, 0.1) is 12.7 Å². The Morgan fingerprint density at radius 1 is 1.32 bits per heavy atom. The molecule has 1 saturated heterocycles. The highest BCUT2D eigenvalue weighted by Gasteiger charge is 2.46. The molecule has 112 valence electrons. The molecule has 0 aliphatic carbocycles. The molecule has 1 atom stereocenters. The summed E-state index contributed by atoms with van der Waals surface area (Å²) in [6.07, 6.45) is 0.622. The molecule has 0 aromatic heterocycles. The van der Waals surface area contributed by atoms with E-state index in [2.05, 4.69) is 32.6 Å². The Morgan fingerprint density at radius 2 is 1.79 bits per heavy atom. The molecule has 19 heavy (non-hydrogen) atoms. The van der Waals surface area contributed by atoms with Crippen molar-refractivity contribution in [1.82, 2.24) is 4.90 Å². The summed E-state index contributed by atoms with van der Waals surface area (Å²) < 4.78 is 5.36. The minimum absolute atomic E-state index is 0.0926. The Hall–Kier alpha value is -0.650. The number of nitrogens with zero attached hydrogens (tertiary/aromatic N) is 1. The number of aliphatic hydroxyl groups excluding tert-OH is 2. The topological polar surface area (TPSA) is 70.0 Å². The van der Waals surface area contributed by atoms with Gasteiger partial charge in [-0.2, -0.15) is 0 Å². The third-order valence-corrected chi connectivity index (χ3v) is 3.85. The molecule has 0 amide bonds. The van der Waals surface area contributed by atoms with Crippen molar-refractivity contribution in [1.29, 1.82) is 0 Å². The minimum Gasteiger partial charge on any atom is -0.462 e. The molecule has 5 nitrogen and oxygen atoms in total. The largest absolute Gasteiger partial charge is 0.462 e. The third-order valence-electron chi connectivity index (χ3n) is 3.85. The van der Waals surface area contributed by atoms with Crippen LogP contribution in [0.15, 0.2) is 0 Å². The Morgan fingerprint density at radius 3 is 2.16 bits per heavy atom. The molecule has 1 unspecified atom stereocenters. The van der Waals surface area contributed by atoms with E-state index in [1.807, 2.05) is 0 Å².